The zero-order valence-corrected chi connectivity index (χ0v) is 46.9. The van der Waals surface area contributed by atoms with Gasteiger partial charge < -0.3 is 30.3 Å². The van der Waals surface area contributed by atoms with Crippen molar-refractivity contribution in [2.75, 3.05) is 30.9 Å². The van der Waals surface area contributed by atoms with Crippen molar-refractivity contribution in [1.29, 1.82) is 0 Å². The van der Waals surface area contributed by atoms with Crippen LogP contribution in [0, 0.1) is 25.2 Å². The largest absolute Gasteiger partial charge is 0.465 e. The highest BCUT2D eigenvalue weighted by Crippen LogP contribution is 2.34. The molecule has 412 valence electrons. The van der Waals surface area contributed by atoms with Gasteiger partial charge in [0.25, 0.3) is 5.91 Å². The van der Waals surface area contributed by atoms with Gasteiger partial charge in [-0.1, -0.05) is 82.9 Å². The summed E-state index contributed by atoms with van der Waals surface area (Å²) in [4.78, 5) is 82.1. The van der Waals surface area contributed by atoms with Crippen LogP contribution in [-0.4, -0.2) is 112 Å². The molecule has 8 rings (SSSR count). The second-order valence-corrected chi connectivity index (χ2v) is 24.6. The van der Waals surface area contributed by atoms with Crippen LogP contribution >= 0.6 is 11.3 Å². The molecular weight excluding hydrogens is 1020 g/mol. The van der Waals surface area contributed by atoms with Crippen molar-refractivity contribution in [3.05, 3.63) is 106 Å². The number of nitrogens with one attached hydrogen (secondary N) is 3. The highest BCUT2D eigenvalue weighted by atomic mass is 32.2. The Morgan fingerprint density at radius 1 is 0.935 bits per heavy atom. The Hall–Kier alpha value is -6.51. The summed E-state index contributed by atoms with van der Waals surface area (Å²) in [5, 5.41) is 21.3. The third-order valence-electron chi connectivity index (χ3n) is 15.3. The summed E-state index contributed by atoms with van der Waals surface area (Å²) in [6, 6.07) is 14.6. The number of unbranched alkanes of at least 4 members (excludes halogenated alkanes) is 2. The number of thiazole rings is 1. The lowest BCUT2D eigenvalue weighted by molar-refractivity contribution is -0.144. The predicted octanol–water partition coefficient (Wildman–Crippen LogP) is 7.61. The molecule has 1 saturated carbocycles. The number of rotatable bonds is 19. The fourth-order valence-electron chi connectivity index (χ4n) is 10.8. The van der Waals surface area contributed by atoms with Crippen LogP contribution in [0.5, 0.6) is 0 Å². The summed E-state index contributed by atoms with van der Waals surface area (Å²) in [6.07, 6.45) is 8.03. The molecule has 1 aliphatic carbocycles. The Labute approximate surface area is 455 Å². The SMILES string of the molecule is COC(=O)c1cccc2c1CN(c1ccc(-c3cnn(CC4CCCCC4)c3C)c(C(=O)NS(=O)(=O)CCCCCC(=O)N[C@H](C(=O)N3C[C@H](O)C[C@H]3C(=O)N[C@@H](C)c3ccc(-c4scnc4C)cc3)C(C)(C)C)n1)CC2. The van der Waals surface area contributed by atoms with Crippen molar-refractivity contribution in [1.82, 2.24) is 40.0 Å². The summed E-state index contributed by atoms with van der Waals surface area (Å²) in [5.74, 6) is -2.12. The van der Waals surface area contributed by atoms with Crippen LogP contribution in [0.1, 0.15) is 147 Å². The molecule has 2 aromatic carbocycles. The first-order valence-electron chi connectivity index (χ1n) is 26.8. The maximum atomic E-state index is 14.3. The van der Waals surface area contributed by atoms with Crippen LogP contribution in [-0.2, 0) is 48.7 Å². The van der Waals surface area contributed by atoms with E-state index in [9.17, 15) is 37.5 Å². The molecule has 20 heteroatoms. The van der Waals surface area contributed by atoms with Gasteiger partial charge in [0, 0.05) is 55.8 Å². The van der Waals surface area contributed by atoms with Crippen molar-refractivity contribution in [2.45, 2.75) is 149 Å². The van der Waals surface area contributed by atoms with Crippen LogP contribution in [0.25, 0.3) is 21.6 Å². The van der Waals surface area contributed by atoms with Gasteiger partial charge in [-0.25, -0.2) is 27.9 Å². The fraction of sp³-hybridized carbons (Fsp3) is 0.509. The van der Waals surface area contributed by atoms with Gasteiger partial charge >= 0.3 is 5.97 Å². The maximum absolute atomic E-state index is 14.3. The number of aryl methyl sites for hydroxylation is 1. The number of aliphatic hydroxyl groups is 1. The number of nitrogens with zero attached hydrogens (tertiary/aromatic N) is 6. The number of anilines is 1. The number of aliphatic hydroxyl groups excluding tert-OH is 1. The minimum Gasteiger partial charge on any atom is -0.465 e. The Kier molecular flexibility index (Phi) is 18.0. The van der Waals surface area contributed by atoms with E-state index in [4.69, 9.17) is 14.8 Å². The number of aromatic nitrogens is 4. The van der Waals surface area contributed by atoms with Crippen LogP contribution in [0.4, 0.5) is 5.82 Å². The van der Waals surface area contributed by atoms with Crippen molar-refractivity contribution in [3.63, 3.8) is 0 Å². The van der Waals surface area contributed by atoms with E-state index in [0.29, 0.717) is 60.8 Å². The van der Waals surface area contributed by atoms with Crippen molar-refractivity contribution < 1.29 is 42.2 Å². The lowest BCUT2D eigenvalue weighted by Crippen LogP contribution is -2.57. The molecule has 4 amide bonds. The number of β-amino-alcohol motifs (C(OH)–C–C–N with tert-alkyl or cyclic N) is 1. The van der Waals surface area contributed by atoms with Crippen LogP contribution < -0.4 is 20.3 Å². The second kappa shape index (κ2) is 24.4. The molecule has 5 heterocycles. The normalized spacial score (nSPS) is 17.8. The van der Waals surface area contributed by atoms with E-state index >= 15 is 0 Å². The second-order valence-electron chi connectivity index (χ2n) is 21.9. The molecule has 77 heavy (non-hydrogen) atoms. The molecule has 0 unspecified atom stereocenters. The van der Waals surface area contributed by atoms with Gasteiger partial charge in [0.2, 0.25) is 27.7 Å². The number of likely N-dealkylation sites (tertiary alicyclic amines) is 1. The molecule has 2 fully saturated rings. The third-order valence-corrected chi connectivity index (χ3v) is 17.6. The van der Waals surface area contributed by atoms with E-state index in [1.54, 1.807) is 41.2 Å². The number of carbonyl (C=O) groups is 5. The quantitative estimate of drug-likeness (QED) is 0.0461. The number of hydrogen-bond acceptors (Lipinski definition) is 14. The molecule has 0 spiro atoms. The molecule has 18 nitrogen and oxygen atoms in total. The number of pyridine rings is 1. The number of ether oxygens (including phenoxy) is 1. The standard InChI is InChI=1S/C57H73N9O9S2/c1-35(39-20-22-41(23-21-39)51-36(2)58-34-76-51)60-53(69)47-29-42(67)32-65(47)55(71)52(57(4,5)6)62-49(68)19-12-9-13-28-77(73,74)63-54(70)50-43(45-30-59-66(37(45)3)31-38-15-10-8-11-16-38)24-25-48(61-50)64-27-26-40-17-14-18-44(46(40)33-64)56(72)75-7/h14,17-18,20-25,30,34-35,38,42,47,52,67H,8-13,15-16,19,26-29,31-33H2,1-7H3,(H,60,69)(H,62,68)(H,63,70)/t35-,42+,47-,52+/m0/s1. The minimum absolute atomic E-state index is 0.00632. The lowest BCUT2D eigenvalue weighted by Gasteiger charge is -2.35. The van der Waals surface area contributed by atoms with E-state index in [1.807, 2.05) is 87.5 Å². The number of fused-ring (bicyclic) bond motifs is 1. The summed E-state index contributed by atoms with van der Waals surface area (Å²) in [5.41, 5.74) is 8.00. The molecule has 1 saturated heterocycles. The molecule has 2 aliphatic heterocycles. The average molecular weight is 1090 g/mol. The molecule has 4 atom stereocenters. The molecule has 3 aliphatic rings. The van der Waals surface area contributed by atoms with Crippen molar-refractivity contribution in [3.8, 4) is 21.6 Å². The third kappa shape index (κ3) is 13.6. The molecular formula is C57H73N9O9S2. The van der Waals surface area contributed by atoms with Gasteiger partial charge in [-0.05, 0) is 105 Å². The number of amides is 4. The topological polar surface area (TPSA) is 235 Å². The number of esters is 1. The minimum atomic E-state index is -4.19. The molecule has 3 aromatic heterocycles. The predicted molar refractivity (Wildman–Crippen MR) is 295 cm³/mol. The number of sulfonamides is 1. The lowest BCUT2D eigenvalue weighted by atomic mass is 9.85. The van der Waals surface area contributed by atoms with E-state index in [1.165, 1.54) is 31.3 Å². The summed E-state index contributed by atoms with van der Waals surface area (Å²) < 4.78 is 36.6. The van der Waals surface area contributed by atoms with Gasteiger partial charge in [0.15, 0.2) is 0 Å². The van der Waals surface area contributed by atoms with Gasteiger partial charge in [-0.2, -0.15) is 5.10 Å². The first kappa shape index (κ1) is 56.7. The Morgan fingerprint density at radius 2 is 1.69 bits per heavy atom. The monoisotopic (exact) mass is 1090 g/mol. The van der Waals surface area contributed by atoms with Crippen LogP contribution in [0.2, 0.25) is 0 Å². The highest BCUT2D eigenvalue weighted by Gasteiger charge is 2.45. The Bertz CT molecular complexity index is 3070. The zero-order valence-electron chi connectivity index (χ0n) is 45.3. The number of hydrogen-bond donors (Lipinski definition) is 4. The van der Waals surface area contributed by atoms with Crippen LogP contribution in [0.3, 0.4) is 0 Å². The summed E-state index contributed by atoms with van der Waals surface area (Å²) in [6.45, 7) is 12.7. The van der Waals surface area contributed by atoms with E-state index in [-0.39, 0.29) is 31.5 Å². The van der Waals surface area contributed by atoms with Gasteiger partial charge in [-0.3, -0.25) is 23.9 Å². The Balaban J connectivity index is 0.880. The first-order chi connectivity index (χ1) is 36.7. The first-order valence-corrected chi connectivity index (χ1v) is 29.4. The Morgan fingerprint density at radius 3 is 2.39 bits per heavy atom. The van der Waals surface area contributed by atoms with Gasteiger partial charge in [-0.15, -0.1) is 11.3 Å². The van der Waals surface area contributed by atoms with E-state index in [0.717, 1.165) is 57.9 Å². The fourth-order valence-corrected chi connectivity index (χ4v) is 12.7. The van der Waals surface area contributed by atoms with Crippen molar-refractivity contribution in [2.24, 2.45) is 11.3 Å². The summed E-state index contributed by atoms with van der Waals surface area (Å²) in [7, 11) is -2.85. The van der Waals surface area contributed by atoms with E-state index < -0.39 is 75.0 Å². The average Bonchev–Trinajstić information content (AvgIpc) is 4.18. The van der Waals surface area contributed by atoms with Gasteiger partial charge in [0.1, 0.15) is 23.6 Å². The zero-order chi connectivity index (χ0) is 55.2. The number of carbonyl (C=O) groups excluding carboxylic acids is 5. The highest BCUT2D eigenvalue weighted by molar-refractivity contribution is 7.90. The molecule has 0 radical (unpaired) electrons. The van der Waals surface area contributed by atoms with Crippen LogP contribution in [0.15, 0.2) is 66.3 Å². The van der Waals surface area contributed by atoms with Crippen molar-refractivity contribution >= 4 is 56.8 Å². The van der Waals surface area contributed by atoms with Gasteiger partial charge in [0.05, 0.1) is 52.9 Å². The summed E-state index contributed by atoms with van der Waals surface area (Å²) >= 11 is 1.56. The molecule has 5 aromatic rings. The van der Waals surface area contributed by atoms with E-state index in [2.05, 4.69) is 20.3 Å². The molecule has 4 N–H and O–H groups in total. The smallest absolute Gasteiger partial charge is 0.338 e. The number of benzene rings is 2. The number of methoxy groups -OCH3 is 1. The maximum Gasteiger partial charge on any atom is 0.338 e. The molecule has 0 bridgehead atoms.